The summed E-state index contributed by atoms with van der Waals surface area (Å²) in [5.41, 5.74) is 6.00. The van der Waals surface area contributed by atoms with E-state index < -0.39 is 17.0 Å². The van der Waals surface area contributed by atoms with Gasteiger partial charge in [-0.3, -0.25) is 4.79 Å². The number of aromatic nitrogens is 1. The summed E-state index contributed by atoms with van der Waals surface area (Å²) in [6.07, 6.45) is 1.18. The van der Waals surface area contributed by atoms with Crippen molar-refractivity contribution in [1.82, 2.24) is 9.88 Å². The molecule has 6 rings (SSSR count). The van der Waals surface area contributed by atoms with E-state index in [2.05, 4.69) is 24.0 Å². The number of methoxy groups -OCH3 is 1. The van der Waals surface area contributed by atoms with Crippen LogP contribution in [-0.4, -0.2) is 65.5 Å². The fraction of sp³-hybridized carbons (Fsp3) is 0.472. The van der Waals surface area contributed by atoms with Crippen LogP contribution in [0.5, 0.6) is 5.75 Å². The molecule has 3 aliphatic rings. The first-order chi connectivity index (χ1) is 21.4. The molecule has 2 aromatic carbocycles. The molecule has 0 unspecified atom stereocenters. The number of carboxylic acids is 1. The highest BCUT2D eigenvalue weighted by atomic mass is 16.6. The number of anilines is 1. The number of hydrogen-bond donors (Lipinski definition) is 1. The van der Waals surface area contributed by atoms with Crippen LogP contribution in [0.2, 0.25) is 0 Å². The molecular formula is C36H43N3O6. The molecule has 238 valence electrons. The Labute approximate surface area is 265 Å². The van der Waals surface area contributed by atoms with Gasteiger partial charge in [0.15, 0.2) is 0 Å². The summed E-state index contributed by atoms with van der Waals surface area (Å²) in [5, 5.41) is 10.0. The number of para-hydroxylation sites is 1. The van der Waals surface area contributed by atoms with Crippen LogP contribution < -0.4 is 9.64 Å². The molecule has 3 atom stereocenters. The van der Waals surface area contributed by atoms with E-state index in [1.807, 2.05) is 64.1 Å². The highest BCUT2D eigenvalue weighted by molar-refractivity contribution is 5.82. The number of aliphatic carboxylic acids is 1. The van der Waals surface area contributed by atoms with Crippen LogP contribution in [0.1, 0.15) is 55.0 Å². The van der Waals surface area contributed by atoms with E-state index in [0.717, 1.165) is 45.9 Å². The van der Waals surface area contributed by atoms with E-state index in [-0.39, 0.29) is 18.1 Å². The summed E-state index contributed by atoms with van der Waals surface area (Å²) >= 11 is 0. The fourth-order valence-corrected chi connectivity index (χ4v) is 7.13. The molecule has 9 nitrogen and oxygen atoms in total. The molecule has 0 spiro atoms. The number of amides is 1. The van der Waals surface area contributed by atoms with E-state index in [9.17, 15) is 14.7 Å². The van der Waals surface area contributed by atoms with Crippen molar-refractivity contribution in [1.29, 1.82) is 0 Å². The first kappa shape index (κ1) is 30.9. The first-order valence-electron chi connectivity index (χ1n) is 15.7. The second kappa shape index (κ2) is 11.7. The zero-order valence-corrected chi connectivity index (χ0v) is 27.1. The van der Waals surface area contributed by atoms with Crippen molar-refractivity contribution >= 4 is 17.9 Å². The summed E-state index contributed by atoms with van der Waals surface area (Å²) in [6.45, 7) is 12.3. The molecule has 1 amide bonds. The van der Waals surface area contributed by atoms with Crippen LogP contribution in [0.3, 0.4) is 0 Å². The normalized spacial score (nSPS) is 22.1. The lowest BCUT2D eigenvalue weighted by atomic mass is 9.93. The van der Waals surface area contributed by atoms with Gasteiger partial charge in [-0.25, -0.2) is 9.78 Å². The summed E-state index contributed by atoms with van der Waals surface area (Å²) in [5.74, 6) is 0.883. The topological polar surface area (TPSA) is 101 Å². The third kappa shape index (κ3) is 5.86. The van der Waals surface area contributed by atoms with Gasteiger partial charge < -0.3 is 29.1 Å². The van der Waals surface area contributed by atoms with E-state index in [1.165, 1.54) is 11.1 Å². The number of aryl methyl sites for hydroxylation is 2. The Balaban J connectivity index is 1.21. The molecule has 3 heterocycles. The van der Waals surface area contributed by atoms with Gasteiger partial charge in [0.2, 0.25) is 0 Å². The zero-order chi connectivity index (χ0) is 32.1. The number of rotatable bonds is 8. The van der Waals surface area contributed by atoms with Crippen LogP contribution in [0, 0.1) is 25.2 Å². The maximum absolute atomic E-state index is 12.7. The number of pyridine rings is 1. The molecule has 1 saturated carbocycles. The lowest BCUT2D eigenvalue weighted by Gasteiger charge is -2.32. The quantitative estimate of drug-likeness (QED) is 0.322. The molecular weight excluding hydrogens is 570 g/mol. The first-order valence-corrected chi connectivity index (χ1v) is 15.7. The molecule has 2 aliphatic heterocycles. The van der Waals surface area contributed by atoms with Gasteiger partial charge in [-0.15, -0.1) is 0 Å². The molecule has 45 heavy (non-hydrogen) atoms. The number of benzene rings is 2. The van der Waals surface area contributed by atoms with Crippen molar-refractivity contribution in [3.63, 3.8) is 0 Å². The molecule has 2 fully saturated rings. The van der Waals surface area contributed by atoms with Gasteiger partial charge in [0, 0.05) is 32.3 Å². The highest BCUT2D eigenvalue weighted by Crippen LogP contribution is 2.62. The van der Waals surface area contributed by atoms with Gasteiger partial charge in [0.1, 0.15) is 23.8 Å². The van der Waals surface area contributed by atoms with E-state index in [1.54, 1.807) is 12.0 Å². The Morgan fingerprint density at radius 3 is 2.60 bits per heavy atom. The van der Waals surface area contributed by atoms with Crippen LogP contribution in [0.4, 0.5) is 10.6 Å². The summed E-state index contributed by atoms with van der Waals surface area (Å²) in [6, 6.07) is 16.0. The molecule has 3 aromatic rings. The third-order valence-corrected chi connectivity index (χ3v) is 9.44. The predicted octanol–water partition coefficient (Wildman–Crippen LogP) is 6.16. The Kier molecular flexibility index (Phi) is 8.01. The largest absolute Gasteiger partial charge is 0.488 e. The number of nitrogens with zero attached hydrogens (tertiary/aromatic N) is 3. The lowest BCUT2D eigenvalue weighted by Crippen LogP contribution is -2.43. The zero-order valence-electron chi connectivity index (χ0n) is 27.1. The van der Waals surface area contributed by atoms with Gasteiger partial charge >= 0.3 is 12.1 Å². The minimum atomic E-state index is -0.758. The average Bonchev–Trinajstić information content (AvgIpc) is 3.64. The third-order valence-electron chi connectivity index (χ3n) is 9.44. The van der Waals surface area contributed by atoms with E-state index >= 15 is 0 Å². The molecule has 1 aliphatic carbocycles. The van der Waals surface area contributed by atoms with Crippen LogP contribution in [0.25, 0.3) is 11.3 Å². The van der Waals surface area contributed by atoms with Gasteiger partial charge in [0.05, 0.1) is 23.8 Å². The van der Waals surface area contributed by atoms with Crippen molar-refractivity contribution in [3.8, 4) is 17.0 Å². The minimum absolute atomic E-state index is 0.110. The fourth-order valence-electron chi connectivity index (χ4n) is 7.13. The van der Waals surface area contributed by atoms with Crippen molar-refractivity contribution in [2.75, 3.05) is 31.7 Å². The van der Waals surface area contributed by atoms with Gasteiger partial charge in [-0.05, 0) is 99.4 Å². The Bertz CT molecular complexity index is 1630. The lowest BCUT2D eigenvalue weighted by molar-refractivity contribution is -0.144. The van der Waals surface area contributed by atoms with Crippen molar-refractivity contribution in [2.45, 2.75) is 72.3 Å². The van der Waals surface area contributed by atoms with Gasteiger partial charge in [-0.2, -0.15) is 0 Å². The molecule has 0 bridgehead atoms. The molecule has 1 saturated heterocycles. The van der Waals surface area contributed by atoms with E-state index in [4.69, 9.17) is 19.2 Å². The van der Waals surface area contributed by atoms with Crippen molar-refractivity contribution in [2.24, 2.45) is 11.3 Å². The molecule has 1 N–H and O–H groups in total. The Morgan fingerprint density at radius 1 is 1.09 bits per heavy atom. The minimum Gasteiger partial charge on any atom is -0.488 e. The Morgan fingerprint density at radius 2 is 1.87 bits per heavy atom. The summed E-state index contributed by atoms with van der Waals surface area (Å²) < 4.78 is 17.6. The van der Waals surface area contributed by atoms with Crippen LogP contribution in [0.15, 0.2) is 48.5 Å². The molecule has 0 radical (unpaired) electrons. The number of piperidine rings is 1. The van der Waals surface area contributed by atoms with Crippen LogP contribution >= 0.6 is 0 Å². The number of ether oxygens (including phenoxy) is 3. The second-order valence-corrected chi connectivity index (χ2v) is 13.7. The monoisotopic (exact) mass is 613 g/mol. The number of carboxylic acid groups (broad SMARTS) is 1. The van der Waals surface area contributed by atoms with Crippen molar-refractivity contribution in [3.05, 3.63) is 76.3 Å². The Hall–Kier alpha value is -4.11. The average molecular weight is 614 g/mol. The second-order valence-electron chi connectivity index (χ2n) is 13.7. The highest BCUT2D eigenvalue weighted by Gasteiger charge is 2.71. The number of carbonyl (C=O) groups is 2. The summed E-state index contributed by atoms with van der Waals surface area (Å²) in [4.78, 5) is 33.8. The smallest absolute Gasteiger partial charge is 0.410 e. The number of hydrogen-bond acceptors (Lipinski definition) is 7. The van der Waals surface area contributed by atoms with Crippen molar-refractivity contribution < 1.29 is 28.9 Å². The maximum Gasteiger partial charge on any atom is 0.410 e. The predicted molar refractivity (Wildman–Crippen MR) is 171 cm³/mol. The molecule has 9 heteroatoms. The molecule has 1 aromatic heterocycles. The van der Waals surface area contributed by atoms with Gasteiger partial charge in [0.25, 0.3) is 0 Å². The summed E-state index contributed by atoms with van der Waals surface area (Å²) in [7, 11) is 1.62. The van der Waals surface area contributed by atoms with Gasteiger partial charge in [-0.1, -0.05) is 30.3 Å². The number of fused-ring (bicyclic) bond motifs is 2. The maximum atomic E-state index is 12.7. The van der Waals surface area contributed by atoms with E-state index in [0.29, 0.717) is 39.3 Å². The standard InChI is InChI=1S/C36H43N3O6/c1-22-9-7-10-27(29-11-8-12-31(37-29)39-18-26-17-36(26,33(40)41)30(39)21-43-6)32(22)44-20-24-15-23(2)28-19-38(14-13-25(28)16-24)34(42)45-35(3,4)5/h7-12,15-16,26,30H,13-14,17-21H2,1-6H3,(H,40,41)/t26-,30+,36+/m0/s1. The van der Waals surface area contributed by atoms with Crippen LogP contribution in [-0.2, 0) is 33.8 Å². The number of carbonyl (C=O) groups excluding carboxylic acids is 1. The SMILES string of the molecule is COC[C@H]1N(c2cccc(-c3cccc(C)c3OCc3cc(C)c4c(c3)CCN(C(=O)OC(C)(C)C)C4)n2)C[C@@H]2C[C@@]21C(=O)O.